The summed E-state index contributed by atoms with van der Waals surface area (Å²) in [5.74, 6) is -0.564. The highest BCUT2D eigenvalue weighted by Gasteiger charge is 2.52. The molecule has 1 aromatic heterocycles. The van der Waals surface area contributed by atoms with Gasteiger partial charge >= 0.3 is 6.18 Å². The Morgan fingerprint density at radius 2 is 2.07 bits per heavy atom. The van der Waals surface area contributed by atoms with E-state index >= 15 is 0 Å². The molecule has 0 bridgehead atoms. The van der Waals surface area contributed by atoms with Crippen molar-refractivity contribution in [3.05, 3.63) is 41.6 Å². The first-order valence-electron chi connectivity index (χ1n) is 8.39. The fourth-order valence-corrected chi connectivity index (χ4v) is 3.11. The number of primary amides is 1. The van der Waals surface area contributed by atoms with Crippen LogP contribution >= 0.6 is 0 Å². The number of halogens is 3. The maximum atomic E-state index is 12.6. The molecular weight excluding hydrogens is 379 g/mol. The third-order valence-electron chi connectivity index (χ3n) is 4.68. The van der Waals surface area contributed by atoms with Crippen molar-refractivity contribution in [3.8, 4) is 0 Å². The summed E-state index contributed by atoms with van der Waals surface area (Å²) in [7, 11) is 0. The number of hydrogen-bond donors (Lipinski definition) is 3. The van der Waals surface area contributed by atoms with Crippen molar-refractivity contribution in [2.45, 2.75) is 24.4 Å². The Kier molecular flexibility index (Phi) is 4.16. The molecule has 2 aliphatic heterocycles. The standard InChI is InChI=1S/C17H16F3N5O3/c18-17(19,20)13(26)9-1-3-10(4-2-9)22-15-11(14(21)27)7-25(24-15)16-8-28-6-5-12(16)23-16/h1-4,7,13,26H,5-6,8H2,(H2,21,27)(H,22,24)/t13-,16-/m0/s1. The molecule has 0 saturated carbocycles. The molecule has 4 N–H and O–H groups in total. The predicted octanol–water partition coefficient (Wildman–Crippen LogP) is 1.85. The van der Waals surface area contributed by atoms with Gasteiger partial charge in [-0.2, -0.15) is 18.3 Å². The summed E-state index contributed by atoms with van der Waals surface area (Å²) in [6.45, 7) is 0.886. The Morgan fingerprint density at radius 3 is 2.68 bits per heavy atom. The van der Waals surface area contributed by atoms with E-state index in [1.54, 1.807) is 0 Å². The fraction of sp³-hybridized carbons (Fsp3) is 0.353. The van der Waals surface area contributed by atoms with Gasteiger partial charge in [0.05, 0.1) is 18.9 Å². The zero-order chi connectivity index (χ0) is 20.1. The average Bonchev–Trinajstić information content (AvgIpc) is 3.25. The number of aromatic nitrogens is 2. The van der Waals surface area contributed by atoms with Crippen molar-refractivity contribution >= 4 is 23.1 Å². The van der Waals surface area contributed by atoms with Crippen LogP contribution in [0.2, 0.25) is 0 Å². The van der Waals surface area contributed by atoms with E-state index in [4.69, 9.17) is 10.5 Å². The number of aliphatic hydroxyl groups is 1. The Balaban J connectivity index is 1.57. The minimum absolute atomic E-state index is 0.112. The normalized spacial score (nSPS) is 22.2. The molecule has 1 fully saturated rings. The lowest BCUT2D eigenvalue weighted by molar-refractivity contribution is -0.206. The highest BCUT2D eigenvalue weighted by atomic mass is 19.4. The summed E-state index contributed by atoms with van der Waals surface area (Å²) in [4.78, 5) is 16.2. The quantitative estimate of drug-likeness (QED) is 0.715. The van der Waals surface area contributed by atoms with Crippen LogP contribution in [0, 0.1) is 0 Å². The Morgan fingerprint density at radius 1 is 1.36 bits per heavy atom. The van der Waals surface area contributed by atoms with E-state index in [2.05, 4.69) is 15.4 Å². The minimum atomic E-state index is -4.75. The number of anilines is 2. The van der Waals surface area contributed by atoms with Gasteiger partial charge in [0.15, 0.2) is 11.9 Å². The second-order valence-electron chi connectivity index (χ2n) is 6.57. The van der Waals surface area contributed by atoms with Crippen molar-refractivity contribution in [3.63, 3.8) is 0 Å². The summed E-state index contributed by atoms with van der Waals surface area (Å²) >= 11 is 0. The number of hydrogen-bond acceptors (Lipinski definition) is 6. The molecule has 2 aliphatic rings. The van der Waals surface area contributed by atoms with Gasteiger partial charge in [-0.1, -0.05) is 12.1 Å². The summed E-state index contributed by atoms with van der Waals surface area (Å²) in [5.41, 5.74) is 5.82. The number of amides is 1. The fourth-order valence-electron chi connectivity index (χ4n) is 3.11. The number of carbonyl (C=O) groups excluding carboxylic acids is 1. The first-order valence-corrected chi connectivity index (χ1v) is 8.39. The zero-order valence-electron chi connectivity index (χ0n) is 14.4. The van der Waals surface area contributed by atoms with Crippen LogP contribution in [0.5, 0.6) is 0 Å². The number of nitrogens with two attached hydrogens (primary N) is 1. The third kappa shape index (κ3) is 3.12. The lowest BCUT2D eigenvalue weighted by Crippen LogP contribution is -2.35. The topological polar surface area (TPSA) is 115 Å². The van der Waals surface area contributed by atoms with Crippen LogP contribution in [0.25, 0.3) is 0 Å². The van der Waals surface area contributed by atoms with E-state index in [0.717, 1.165) is 17.8 Å². The van der Waals surface area contributed by atoms with E-state index in [0.29, 0.717) is 25.3 Å². The van der Waals surface area contributed by atoms with Gasteiger partial charge in [0.2, 0.25) is 5.66 Å². The summed E-state index contributed by atoms with van der Waals surface area (Å²) in [6.07, 6.45) is -5.18. The van der Waals surface area contributed by atoms with Crippen LogP contribution in [0.3, 0.4) is 0 Å². The van der Waals surface area contributed by atoms with Gasteiger partial charge in [-0.05, 0) is 17.7 Å². The van der Waals surface area contributed by atoms with Gasteiger partial charge in [-0.15, -0.1) is 0 Å². The summed E-state index contributed by atoms with van der Waals surface area (Å²) in [5, 5.41) is 16.5. The lowest BCUT2D eigenvalue weighted by Gasteiger charge is -2.20. The molecule has 4 rings (SSSR count). The number of rotatable bonds is 5. The number of alkyl halides is 3. The molecule has 8 nitrogen and oxygen atoms in total. The highest BCUT2D eigenvalue weighted by Crippen LogP contribution is 2.39. The van der Waals surface area contributed by atoms with E-state index in [9.17, 15) is 23.1 Å². The van der Waals surface area contributed by atoms with Crippen LogP contribution in [0.15, 0.2) is 35.5 Å². The molecule has 2 atom stereocenters. The van der Waals surface area contributed by atoms with Gasteiger partial charge in [0, 0.05) is 18.3 Å². The van der Waals surface area contributed by atoms with Crippen molar-refractivity contribution < 1.29 is 27.8 Å². The Hall–Kier alpha value is -2.92. The highest BCUT2D eigenvalue weighted by molar-refractivity contribution is 6.04. The molecule has 148 valence electrons. The SMILES string of the molecule is NC(=O)c1cn([C@@]23COCCC2=N3)nc1Nc1ccc([C@H](O)C(F)(F)F)cc1. The molecule has 0 spiro atoms. The van der Waals surface area contributed by atoms with Gasteiger partial charge in [-0.3, -0.25) is 9.79 Å². The number of aliphatic hydroxyl groups excluding tert-OH is 1. The molecule has 11 heteroatoms. The van der Waals surface area contributed by atoms with Crippen LogP contribution in [-0.4, -0.2) is 45.9 Å². The van der Waals surface area contributed by atoms with Gasteiger partial charge in [0.25, 0.3) is 5.91 Å². The molecule has 0 unspecified atom stereocenters. The smallest absolute Gasteiger partial charge is 0.379 e. The maximum absolute atomic E-state index is 12.6. The molecule has 0 radical (unpaired) electrons. The van der Waals surface area contributed by atoms with E-state index in [-0.39, 0.29) is 16.9 Å². The number of nitrogens with one attached hydrogen (secondary N) is 1. The first kappa shape index (κ1) is 18.4. The minimum Gasteiger partial charge on any atom is -0.379 e. The molecule has 1 saturated heterocycles. The number of benzene rings is 1. The number of fused-ring (bicyclic) bond motifs is 1. The molecular formula is C17H16F3N5O3. The second kappa shape index (κ2) is 6.31. The van der Waals surface area contributed by atoms with Crippen molar-refractivity contribution in [2.75, 3.05) is 18.5 Å². The summed E-state index contributed by atoms with van der Waals surface area (Å²) < 4.78 is 44.7. The molecule has 1 amide bonds. The molecule has 2 aromatic rings. The van der Waals surface area contributed by atoms with Crippen molar-refractivity contribution in [1.29, 1.82) is 0 Å². The first-order chi connectivity index (χ1) is 13.2. The summed E-state index contributed by atoms with van der Waals surface area (Å²) in [6, 6.07) is 4.96. The predicted molar refractivity (Wildman–Crippen MR) is 92.3 cm³/mol. The van der Waals surface area contributed by atoms with Crippen molar-refractivity contribution in [2.24, 2.45) is 10.7 Å². The third-order valence-corrected chi connectivity index (χ3v) is 4.68. The number of ether oxygens (including phenoxy) is 1. The molecule has 1 aromatic carbocycles. The van der Waals surface area contributed by atoms with Gasteiger partial charge < -0.3 is 20.9 Å². The second-order valence-corrected chi connectivity index (χ2v) is 6.57. The maximum Gasteiger partial charge on any atom is 0.418 e. The van der Waals surface area contributed by atoms with Crippen LogP contribution in [0.4, 0.5) is 24.7 Å². The van der Waals surface area contributed by atoms with Gasteiger partial charge in [-0.25, -0.2) is 4.68 Å². The number of nitrogens with zero attached hydrogens (tertiary/aromatic N) is 3. The van der Waals surface area contributed by atoms with Crippen LogP contribution < -0.4 is 11.1 Å². The number of carbonyl (C=O) groups is 1. The Labute approximate surface area is 156 Å². The largest absolute Gasteiger partial charge is 0.418 e. The lowest BCUT2D eigenvalue weighted by atomic mass is 10.1. The van der Waals surface area contributed by atoms with E-state index < -0.39 is 23.9 Å². The average molecular weight is 395 g/mol. The van der Waals surface area contributed by atoms with Crippen LogP contribution in [-0.2, 0) is 10.4 Å². The molecule has 0 aliphatic carbocycles. The van der Waals surface area contributed by atoms with Crippen molar-refractivity contribution in [1.82, 2.24) is 9.78 Å². The van der Waals surface area contributed by atoms with Crippen LogP contribution in [0.1, 0.15) is 28.4 Å². The van der Waals surface area contributed by atoms with Gasteiger partial charge in [0.1, 0.15) is 5.56 Å². The monoisotopic (exact) mass is 395 g/mol. The molecule has 3 heterocycles. The molecule has 28 heavy (non-hydrogen) atoms. The van der Waals surface area contributed by atoms with E-state index in [1.165, 1.54) is 23.0 Å². The number of aliphatic imine (C=N–C) groups is 1. The van der Waals surface area contributed by atoms with E-state index in [1.807, 2.05) is 0 Å². The zero-order valence-corrected chi connectivity index (χ0v) is 14.4. The Bertz CT molecular complexity index is 954.